The molecule has 2 heterocycles. The molecule has 0 spiro atoms. The Morgan fingerprint density at radius 2 is 2.05 bits per heavy atom. The van der Waals surface area contributed by atoms with Gasteiger partial charge in [-0.3, -0.25) is 4.90 Å². The van der Waals surface area contributed by atoms with Gasteiger partial charge in [0.05, 0.1) is 0 Å². The lowest BCUT2D eigenvalue weighted by molar-refractivity contribution is 0.233. The van der Waals surface area contributed by atoms with Crippen molar-refractivity contribution in [3.8, 4) is 0 Å². The van der Waals surface area contributed by atoms with Crippen LogP contribution in [0.15, 0.2) is 18.2 Å². The molecule has 1 aromatic carbocycles. The number of piperazine rings is 1. The fourth-order valence-corrected chi connectivity index (χ4v) is 3.67. The van der Waals surface area contributed by atoms with E-state index >= 15 is 0 Å². The smallest absolute Gasteiger partial charge is 0.0444 e. The maximum Gasteiger partial charge on any atom is 0.0444 e. The number of likely N-dealkylation sites (tertiary alicyclic amines) is 1. The second-order valence-corrected chi connectivity index (χ2v) is 6.54. The van der Waals surface area contributed by atoms with Crippen LogP contribution in [-0.4, -0.2) is 56.1 Å². The Morgan fingerprint density at radius 3 is 2.70 bits per heavy atom. The van der Waals surface area contributed by atoms with E-state index in [2.05, 4.69) is 40.4 Å². The second kappa shape index (κ2) is 6.44. The van der Waals surface area contributed by atoms with Crippen molar-refractivity contribution in [1.82, 2.24) is 15.1 Å². The third kappa shape index (κ3) is 3.34. The Balaban J connectivity index is 1.67. The van der Waals surface area contributed by atoms with Crippen LogP contribution >= 0.6 is 11.6 Å². The number of rotatable bonds is 3. The first-order chi connectivity index (χ1) is 9.72. The standard InChI is InChI=1S/C16H24ClN3/c1-19-7-4-14(12-19)15-3-2-13(10-16(15)17)11-20-8-5-18-6-9-20/h2-3,10,14,18H,4-9,11-12H2,1H3. The summed E-state index contributed by atoms with van der Waals surface area (Å²) in [7, 11) is 2.19. The SMILES string of the molecule is CN1CCC(c2ccc(CN3CCNCC3)cc2Cl)C1. The normalized spacial score (nSPS) is 25.2. The van der Waals surface area contributed by atoms with Gasteiger partial charge in [0.2, 0.25) is 0 Å². The van der Waals surface area contributed by atoms with E-state index in [0.29, 0.717) is 5.92 Å². The van der Waals surface area contributed by atoms with E-state index < -0.39 is 0 Å². The van der Waals surface area contributed by atoms with E-state index in [4.69, 9.17) is 11.6 Å². The first kappa shape index (κ1) is 14.3. The van der Waals surface area contributed by atoms with Crippen molar-refractivity contribution in [2.24, 2.45) is 0 Å². The van der Waals surface area contributed by atoms with Crippen LogP contribution < -0.4 is 5.32 Å². The van der Waals surface area contributed by atoms with Crippen LogP contribution in [0, 0.1) is 0 Å². The van der Waals surface area contributed by atoms with Crippen LogP contribution in [0.2, 0.25) is 5.02 Å². The number of hydrogen-bond donors (Lipinski definition) is 1. The third-order valence-corrected chi connectivity index (χ3v) is 4.84. The first-order valence-corrected chi connectivity index (χ1v) is 8.00. The number of hydrogen-bond acceptors (Lipinski definition) is 3. The molecular weight excluding hydrogens is 270 g/mol. The van der Waals surface area contributed by atoms with Crippen LogP contribution in [0.25, 0.3) is 0 Å². The van der Waals surface area contributed by atoms with Crippen molar-refractivity contribution in [3.63, 3.8) is 0 Å². The van der Waals surface area contributed by atoms with Crippen LogP contribution in [0.4, 0.5) is 0 Å². The summed E-state index contributed by atoms with van der Waals surface area (Å²) in [6.07, 6.45) is 1.23. The zero-order chi connectivity index (χ0) is 13.9. The van der Waals surface area contributed by atoms with Crippen molar-refractivity contribution < 1.29 is 0 Å². The minimum Gasteiger partial charge on any atom is -0.314 e. The minimum atomic E-state index is 0.612. The molecule has 2 aliphatic rings. The van der Waals surface area contributed by atoms with Crippen LogP contribution in [0.5, 0.6) is 0 Å². The van der Waals surface area contributed by atoms with Gasteiger partial charge in [0.15, 0.2) is 0 Å². The molecule has 1 aromatic rings. The Kier molecular flexibility index (Phi) is 4.61. The van der Waals surface area contributed by atoms with Crippen molar-refractivity contribution in [2.45, 2.75) is 18.9 Å². The summed E-state index contributed by atoms with van der Waals surface area (Å²) in [6.45, 7) is 7.80. The summed E-state index contributed by atoms with van der Waals surface area (Å²) in [4.78, 5) is 4.88. The zero-order valence-corrected chi connectivity index (χ0v) is 13.0. The van der Waals surface area contributed by atoms with E-state index in [1.54, 1.807) is 0 Å². The van der Waals surface area contributed by atoms with E-state index in [-0.39, 0.29) is 0 Å². The highest BCUT2D eigenvalue weighted by atomic mass is 35.5. The Hall–Kier alpha value is -0.610. The summed E-state index contributed by atoms with van der Waals surface area (Å²) >= 11 is 6.53. The Labute approximate surface area is 126 Å². The monoisotopic (exact) mass is 293 g/mol. The predicted octanol–water partition coefficient (Wildman–Crippen LogP) is 2.16. The molecule has 4 heteroatoms. The van der Waals surface area contributed by atoms with Crippen molar-refractivity contribution in [2.75, 3.05) is 46.3 Å². The fraction of sp³-hybridized carbons (Fsp3) is 0.625. The number of likely N-dealkylation sites (N-methyl/N-ethyl adjacent to an activating group) is 1. The number of benzene rings is 1. The maximum atomic E-state index is 6.53. The highest BCUT2D eigenvalue weighted by Crippen LogP contribution is 2.32. The quantitative estimate of drug-likeness (QED) is 0.921. The van der Waals surface area contributed by atoms with Crippen LogP contribution in [-0.2, 0) is 6.54 Å². The van der Waals surface area contributed by atoms with Gasteiger partial charge in [-0.05, 0) is 43.1 Å². The molecular formula is C16H24ClN3. The van der Waals surface area contributed by atoms with Crippen LogP contribution in [0.3, 0.4) is 0 Å². The lowest BCUT2D eigenvalue weighted by Gasteiger charge is -2.27. The van der Waals surface area contributed by atoms with E-state index in [1.165, 1.54) is 24.1 Å². The molecule has 1 unspecified atom stereocenters. The largest absolute Gasteiger partial charge is 0.314 e. The molecule has 3 rings (SSSR count). The van der Waals surface area contributed by atoms with Gasteiger partial charge in [-0.2, -0.15) is 0 Å². The van der Waals surface area contributed by atoms with Crippen molar-refractivity contribution >= 4 is 11.6 Å². The molecule has 0 aromatic heterocycles. The highest BCUT2D eigenvalue weighted by Gasteiger charge is 2.23. The van der Waals surface area contributed by atoms with Crippen molar-refractivity contribution in [3.05, 3.63) is 34.3 Å². The molecule has 1 atom stereocenters. The molecule has 2 saturated heterocycles. The third-order valence-electron chi connectivity index (χ3n) is 4.51. The molecule has 3 nitrogen and oxygen atoms in total. The van der Waals surface area contributed by atoms with E-state index in [1.807, 2.05) is 0 Å². The van der Waals surface area contributed by atoms with Gasteiger partial charge in [0, 0.05) is 44.3 Å². The summed E-state index contributed by atoms with van der Waals surface area (Å²) < 4.78 is 0. The molecule has 0 radical (unpaired) electrons. The topological polar surface area (TPSA) is 18.5 Å². The van der Waals surface area contributed by atoms with Gasteiger partial charge in [0.1, 0.15) is 0 Å². The maximum absolute atomic E-state index is 6.53. The number of nitrogens with zero attached hydrogens (tertiary/aromatic N) is 2. The molecule has 2 aliphatic heterocycles. The predicted molar refractivity (Wildman–Crippen MR) is 84.5 cm³/mol. The molecule has 2 fully saturated rings. The first-order valence-electron chi connectivity index (χ1n) is 7.62. The molecule has 110 valence electrons. The molecule has 20 heavy (non-hydrogen) atoms. The number of halogens is 1. The average molecular weight is 294 g/mol. The summed E-state index contributed by atoms with van der Waals surface area (Å²) in [5.41, 5.74) is 2.67. The molecule has 0 aliphatic carbocycles. The van der Waals surface area contributed by atoms with Gasteiger partial charge in [0.25, 0.3) is 0 Å². The minimum absolute atomic E-state index is 0.612. The number of nitrogens with one attached hydrogen (secondary N) is 1. The lowest BCUT2D eigenvalue weighted by Crippen LogP contribution is -2.42. The van der Waals surface area contributed by atoms with E-state index in [9.17, 15) is 0 Å². The summed E-state index contributed by atoms with van der Waals surface area (Å²) in [6, 6.07) is 6.70. The van der Waals surface area contributed by atoms with Gasteiger partial charge >= 0.3 is 0 Å². The molecule has 0 bridgehead atoms. The fourth-order valence-electron chi connectivity index (χ4n) is 3.32. The van der Waals surface area contributed by atoms with Gasteiger partial charge in [-0.1, -0.05) is 23.7 Å². The Morgan fingerprint density at radius 1 is 1.25 bits per heavy atom. The van der Waals surface area contributed by atoms with Crippen LogP contribution in [0.1, 0.15) is 23.5 Å². The van der Waals surface area contributed by atoms with Gasteiger partial charge < -0.3 is 10.2 Å². The lowest BCUT2D eigenvalue weighted by atomic mass is 9.97. The second-order valence-electron chi connectivity index (χ2n) is 6.13. The van der Waals surface area contributed by atoms with Gasteiger partial charge in [-0.15, -0.1) is 0 Å². The van der Waals surface area contributed by atoms with E-state index in [0.717, 1.165) is 44.3 Å². The summed E-state index contributed by atoms with van der Waals surface area (Å²) in [5, 5.41) is 4.35. The molecule has 0 amide bonds. The average Bonchev–Trinajstić information content (AvgIpc) is 2.86. The van der Waals surface area contributed by atoms with Crippen molar-refractivity contribution in [1.29, 1.82) is 0 Å². The molecule has 1 N–H and O–H groups in total. The Bertz CT molecular complexity index is 457. The zero-order valence-electron chi connectivity index (χ0n) is 12.2. The summed E-state index contributed by atoms with van der Waals surface area (Å²) in [5.74, 6) is 0.612. The van der Waals surface area contributed by atoms with Gasteiger partial charge in [-0.25, -0.2) is 0 Å². The highest BCUT2D eigenvalue weighted by molar-refractivity contribution is 6.31. The molecule has 0 saturated carbocycles.